The van der Waals surface area contributed by atoms with Crippen LogP contribution in [0.25, 0.3) is 10.2 Å². The zero-order chi connectivity index (χ0) is 23.1. The Morgan fingerprint density at radius 3 is 2.85 bits per heavy atom. The van der Waals surface area contributed by atoms with Crippen LogP contribution >= 0.6 is 23.1 Å². The molecule has 2 aliphatic carbocycles. The van der Waals surface area contributed by atoms with Gasteiger partial charge in [0.2, 0.25) is 5.91 Å². The molecule has 2 aromatic heterocycles. The third-order valence-electron chi connectivity index (χ3n) is 8.00. The van der Waals surface area contributed by atoms with Gasteiger partial charge in [-0.2, -0.15) is 0 Å². The highest BCUT2D eigenvalue weighted by Crippen LogP contribution is 2.49. The Morgan fingerprint density at radius 2 is 2.18 bits per heavy atom. The van der Waals surface area contributed by atoms with E-state index in [1.807, 2.05) is 0 Å². The zero-order valence-corrected chi connectivity index (χ0v) is 21.5. The van der Waals surface area contributed by atoms with Gasteiger partial charge in [-0.25, -0.2) is 4.98 Å². The van der Waals surface area contributed by atoms with E-state index < -0.39 is 0 Å². The predicted molar refractivity (Wildman–Crippen MR) is 134 cm³/mol. The van der Waals surface area contributed by atoms with Crippen LogP contribution in [0.5, 0.6) is 0 Å². The minimum Gasteiger partial charge on any atom is -0.376 e. The van der Waals surface area contributed by atoms with E-state index in [-0.39, 0.29) is 29.4 Å². The Balaban J connectivity index is 1.33. The standard InChI is InChI=1S/C25H35N3O3S2/c1-4-19-15(3)33-23-22(19)24(30)28(12-18-6-5-9-31-18)25(27-23)32-13-21(29)26-14(2)20-11-16-7-8-17(20)10-16/h14,16-18,20H,4-13H2,1-3H3,(H,26,29). The van der Waals surface area contributed by atoms with E-state index in [1.165, 1.54) is 37.4 Å². The Kier molecular flexibility index (Phi) is 6.87. The van der Waals surface area contributed by atoms with Crippen LogP contribution in [0.3, 0.4) is 0 Å². The summed E-state index contributed by atoms with van der Waals surface area (Å²) in [7, 11) is 0. The van der Waals surface area contributed by atoms with Crippen LogP contribution in [0.2, 0.25) is 0 Å². The molecule has 2 saturated carbocycles. The van der Waals surface area contributed by atoms with Crippen molar-refractivity contribution < 1.29 is 9.53 Å². The fraction of sp³-hybridized carbons (Fsp3) is 0.720. The van der Waals surface area contributed by atoms with E-state index in [0.717, 1.165) is 58.4 Å². The maximum Gasteiger partial charge on any atom is 0.263 e. The molecule has 33 heavy (non-hydrogen) atoms. The summed E-state index contributed by atoms with van der Waals surface area (Å²) in [5, 5.41) is 4.63. The van der Waals surface area contributed by atoms with Gasteiger partial charge in [-0.3, -0.25) is 14.2 Å². The van der Waals surface area contributed by atoms with E-state index >= 15 is 0 Å². The van der Waals surface area contributed by atoms with Gasteiger partial charge in [0.05, 0.1) is 23.8 Å². The SMILES string of the molecule is CCc1c(C)sc2nc(SCC(=O)NC(C)C3CC4CCC3C4)n(CC3CCCO3)c(=O)c12. The van der Waals surface area contributed by atoms with Gasteiger partial charge in [-0.1, -0.05) is 25.1 Å². The summed E-state index contributed by atoms with van der Waals surface area (Å²) in [6, 6.07) is 0.213. The van der Waals surface area contributed by atoms with Crippen LogP contribution in [-0.2, 0) is 22.5 Å². The van der Waals surface area contributed by atoms with Gasteiger partial charge in [0.15, 0.2) is 5.16 Å². The fourth-order valence-electron chi connectivity index (χ4n) is 6.36. The Morgan fingerprint density at radius 1 is 1.33 bits per heavy atom. The Bertz CT molecular complexity index is 1090. The molecule has 5 unspecified atom stereocenters. The second-order valence-corrected chi connectivity index (χ2v) is 12.2. The molecule has 2 bridgehead atoms. The number of aromatic nitrogens is 2. The number of nitrogens with zero attached hydrogens (tertiary/aromatic N) is 2. The summed E-state index contributed by atoms with van der Waals surface area (Å²) in [4.78, 5) is 33.2. The van der Waals surface area contributed by atoms with Crippen molar-refractivity contribution in [2.24, 2.45) is 17.8 Å². The van der Waals surface area contributed by atoms with E-state index in [2.05, 4.69) is 26.1 Å². The highest BCUT2D eigenvalue weighted by Gasteiger charge is 2.42. The molecule has 3 aliphatic rings. The van der Waals surface area contributed by atoms with Gasteiger partial charge in [-0.05, 0) is 75.7 Å². The first-order valence-electron chi connectivity index (χ1n) is 12.5. The number of amides is 1. The van der Waals surface area contributed by atoms with Crippen molar-refractivity contribution in [1.82, 2.24) is 14.9 Å². The summed E-state index contributed by atoms with van der Waals surface area (Å²) in [5.41, 5.74) is 1.11. The number of thiophene rings is 1. The van der Waals surface area contributed by atoms with Gasteiger partial charge in [0.1, 0.15) is 4.83 Å². The van der Waals surface area contributed by atoms with Crippen molar-refractivity contribution in [2.45, 2.75) is 89.6 Å². The minimum atomic E-state index is 0.00922. The maximum atomic E-state index is 13.6. The van der Waals surface area contributed by atoms with Crippen LogP contribution in [0.4, 0.5) is 0 Å². The van der Waals surface area contributed by atoms with E-state index in [1.54, 1.807) is 15.9 Å². The monoisotopic (exact) mass is 489 g/mol. The molecule has 5 rings (SSSR count). The van der Waals surface area contributed by atoms with Crippen LogP contribution in [0.1, 0.15) is 62.8 Å². The van der Waals surface area contributed by atoms with Gasteiger partial charge in [-0.15, -0.1) is 11.3 Å². The first-order valence-corrected chi connectivity index (χ1v) is 14.3. The van der Waals surface area contributed by atoms with Crippen molar-refractivity contribution in [3.63, 3.8) is 0 Å². The van der Waals surface area contributed by atoms with Gasteiger partial charge >= 0.3 is 0 Å². The molecule has 0 aromatic carbocycles. The Labute approximate surface area is 203 Å². The fourth-order valence-corrected chi connectivity index (χ4v) is 8.33. The van der Waals surface area contributed by atoms with Crippen molar-refractivity contribution in [2.75, 3.05) is 12.4 Å². The molecule has 8 heteroatoms. The first-order chi connectivity index (χ1) is 15.9. The number of hydrogen-bond donors (Lipinski definition) is 1. The molecule has 1 saturated heterocycles. The second-order valence-electron chi connectivity index (χ2n) is 10.1. The quantitative estimate of drug-likeness (QED) is 0.435. The minimum absolute atomic E-state index is 0.00922. The average molecular weight is 490 g/mol. The lowest BCUT2D eigenvalue weighted by Crippen LogP contribution is -2.41. The number of fused-ring (bicyclic) bond motifs is 3. The lowest BCUT2D eigenvalue weighted by atomic mass is 9.84. The van der Waals surface area contributed by atoms with Crippen LogP contribution < -0.4 is 10.9 Å². The summed E-state index contributed by atoms with van der Waals surface area (Å²) in [5.74, 6) is 2.59. The van der Waals surface area contributed by atoms with Crippen molar-refractivity contribution in [1.29, 1.82) is 0 Å². The third kappa shape index (κ3) is 4.63. The van der Waals surface area contributed by atoms with E-state index in [9.17, 15) is 9.59 Å². The van der Waals surface area contributed by atoms with E-state index in [0.29, 0.717) is 17.6 Å². The highest BCUT2D eigenvalue weighted by molar-refractivity contribution is 7.99. The molecule has 180 valence electrons. The Hall–Kier alpha value is -1.38. The predicted octanol–water partition coefficient (Wildman–Crippen LogP) is 4.54. The van der Waals surface area contributed by atoms with Gasteiger partial charge in [0, 0.05) is 17.5 Å². The highest BCUT2D eigenvalue weighted by atomic mass is 32.2. The largest absolute Gasteiger partial charge is 0.376 e. The van der Waals surface area contributed by atoms with Gasteiger partial charge in [0.25, 0.3) is 5.56 Å². The molecular formula is C25H35N3O3S2. The van der Waals surface area contributed by atoms with Crippen molar-refractivity contribution >= 4 is 39.2 Å². The first kappa shape index (κ1) is 23.4. The van der Waals surface area contributed by atoms with Crippen LogP contribution in [-0.4, -0.2) is 40.0 Å². The van der Waals surface area contributed by atoms with Gasteiger partial charge < -0.3 is 10.1 Å². The molecule has 5 atom stereocenters. The number of ether oxygens (including phenoxy) is 1. The number of nitrogens with one attached hydrogen (secondary N) is 1. The number of carbonyl (C=O) groups is 1. The number of thioether (sulfide) groups is 1. The third-order valence-corrected chi connectivity index (χ3v) is 10.0. The lowest BCUT2D eigenvalue weighted by Gasteiger charge is -2.28. The number of rotatable bonds is 8. The van der Waals surface area contributed by atoms with Crippen LogP contribution in [0, 0.1) is 24.7 Å². The molecule has 3 heterocycles. The molecule has 1 amide bonds. The molecule has 3 fully saturated rings. The molecular weight excluding hydrogens is 454 g/mol. The summed E-state index contributed by atoms with van der Waals surface area (Å²) < 4.78 is 7.59. The number of carbonyl (C=O) groups excluding carboxylic acids is 1. The number of hydrogen-bond acceptors (Lipinski definition) is 6. The molecule has 1 N–H and O–H groups in total. The molecule has 0 radical (unpaired) electrons. The molecule has 6 nitrogen and oxygen atoms in total. The summed E-state index contributed by atoms with van der Waals surface area (Å²) >= 11 is 2.96. The molecule has 0 spiro atoms. The lowest BCUT2D eigenvalue weighted by molar-refractivity contribution is -0.119. The van der Waals surface area contributed by atoms with Crippen molar-refractivity contribution in [3.05, 3.63) is 20.8 Å². The molecule has 2 aromatic rings. The normalized spacial score (nSPS) is 27.5. The number of aryl methyl sites for hydroxylation is 2. The second kappa shape index (κ2) is 9.70. The van der Waals surface area contributed by atoms with Crippen molar-refractivity contribution in [3.8, 4) is 0 Å². The molecule has 1 aliphatic heterocycles. The van der Waals surface area contributed by atoms with Crippen LogP contribution in [0.15, 0.2) is 9.95 Å². The smallest absolute Gasteiger partial charge is 0.263 e. The summed E-state index contributed by atoms with van der Waals surface area (Å²) in [6.45, 7) is 7.56. The van der Waals surface area contributed by atoms with E-state index in [4.69, 9.17) is 9.72 Å². The topological polar surface area (TPSA) is 73.2 Å². The maximum absolute atomic E-state index is 13.6. The summed E-state index contributed by atoms with van der Waals surface area (Å²) in [6.07, 6.45) is 8.14. The zero-order valence-electron chi connectivity index (χ0n) is 19.9. The average Bonchev–Trinajstić information content (AvgIpc) is 3.58.